The number of carbonyl (C=O) groups excluding carboxylic acids is 2. The Morgan fingerprint density at radius 3 is 2.20 bits per heavy atom. The van der Waals surface area contributed by atoms with Crippen LogP contribution in [-0.4, -0.2) is 30.6 Å². The van der Waals surface area contributed by atoms with Gasteiger partial charge in [0.15, 0.2) is 0 Å². The van der Waals surface area contributed by atoms with Crippen LogP contribution >= 0.6 is 0 Å². The van der Waals surface area contributed by atoms with E-state index in [1.54, 1.807) is 6.92 Å². The summed E-state index contributed by atoms with van der Waals surface area (Å²) >= 11 is 0. The Morgan fingerprint density at radius 2 is 1.80 bits per heavy atom. The quantitative estimate of drug-likeness (QED) is 0.621. The molecular weight excluding hydrogens is 196 g/mol. The van der Waals surface area contributed by atoms with Gasteiger partial charge in [0, 0.05) is 0 Å². The van der Waals surface area contributed by atoms with E-state index in [0.717, 1.165) is 0 Å². The number of rotatable bonds is 6. The molecule has 0 unspecified atom stereocenters. The number of esters is 1. The van der Waals surface area contributed by atoms with Crippen molar-refractivity contribution in [1.82, 2.24) is 5.32 Å². The van der Waals surface area contributed by atoms with E-state index in [4.69, 9.17) is 5.73 Å². The zero-order valence-corrected chi connectivity index (χ0v) is 9.63. The summed E-state index contributed by atoms with van der Waals surface area (Å²) in [6.45, 7) is 5.58. The Labute approximate surface area is 90.4 Å². The molecule has 0 spiro atoms. The molecule has 0 rings (SSSR count). The van der Waals surface area contributed by atoms with Crippen LogP contribution in [-0.2, 0) is 14.3 Å². The van der Waals surface area contributed by atoms with Crippen LogP contribution in [0, 0.1) is 0 Å². The van der Waals surface area contributed by atoms with Crippen molar-refractivity contribution in [2.75, 3.05) is 13.2 Å². The third-order valence-corrected chi connectivity index (χ3v) is 2.41. The van der Waals surface area contributed by atoms with Gasteiger partial charge in [-0.15, -0.1) is 0 Å². The maximum Gasteiger partial charge on any atom is 0.325 e. The van der Waals surface area contributed by atoms with Crippen molar-refractivity contribution in [3.8, 4) is 0 Å². The molecule has 3 N–H and O–H groups in total. The molecule has 0 atom stereocenters. The minimum absolute atomic E-state index is 0.119. The Kier molecular flexibility index (Phi) is 5.93. The predicted molar refractivity (Wildman–Crippen MR) is 57.1 cm³/mol. The molecule has 0 aliphatic carbocycles. The summed E-state index contributed by atoms with van der Waals surface area (Å²) in [6.07, 6.45) is 1.08. The average molecular weight is 216 g/mol. The number of ether oxygens (including phenoxy) is 1. The highest BCUT2D eigenvalue weighted by molar-refractivity contribution is 5.88. The molecule has 0 aliphatic heterocycles. The molecule has 0 saturated heterocycles. The van der Waals surface area contributed by atoms with Gasteiger partial charge in [-0.05, 0) is 19.8 Å². The Hall–Kier alpha value is -1.10. The molecule has 0 saturated carbocycles. The zero-order chi connectivity index (χ0) is 11.9. The maximum atomic E-state index is 11.6. The molecule has 0 fully saturated rings. The van der Waals surface area contributed by atoms with Crippen molar-refractivity contribution in [3.63, 3.8) is 0 Å². The van der Waals surface area contributed by atoms with Crippen molar-refractivity contribution < 1.29 is 14.3 Å². The maximum absolute atomic E-state index is 11.6. The molecule has 88 valence electrons. The molecule has 15 heavy (non-hydrogen) atoms. The van der Waals surface area contributed by atoms with E-state index in [9.17, 15) is 9.59 Å². The van der Waals surface area contributed by atoms with Crippen molar-refractivity contribution in [3.05, 3.63) is 0 Å². The van der Waals surface area contributed by atoms with Crippen LogP contribution < -0.4 is 11.1 Å². The first kappa shape index (κ1) is 13.9. The molecule has 0 heterocycles. The summed E-state index contributed by atoms with van der Waals surface area (Å²) in [5, 5.41) is 2.47. The molecule has 5 nitrogen and oxygen atoms in total. The number of nitrogens with one attached hydrogen (secondary N) is 1. The van der Waals surface area contributed by atoms with Gasteiger partial charge < -0.3 is 15.8 Å². The van der Waals surface area contributed by atoms with Crippen LogP contribution in [0.1, 0.15) is 33.6 Å². The van der Waals surface area contributed by atoms with Crippen molar-refractivity contribution >= 4 is 11.9 Å². The van der Waals surface area contributed by atoms with Gasteiger partial charge in [-0.1, -0.05) is 13.8 Å². The molecule has 0 aromatic rings. The Balaban J connectivity index is 4.08. The predicted octanol–water partition coefficient (Wildman–Crippen LogP) is 0.183. The summed E-state index contributed by atoms with van der Waals surface area (Å²) in [7, 11) is 0. The van der Waals surface area contributed by atoms with Crippen LogP contribution in [0.25, 0.3) is 0 Å². The van der Waals surface area contributed by atoms with Crippen molar-refractivity contribution in [2.45, 2.75) is 39.2 Å². The minimum atomic E-state index is -0.882. The van der Waals surface area contributed by atoms with Gasteiger partial charge in [0.1, 0.15) is 6.54 Å². The number of hydrogen-bond donors (Lipinski definition) is 2. The van der Waals surface area contributed by atoms with Crippen LogP contribution in [0.3, 0.4) is 0 Å². The van der Waals surface area contributed by atoms with Crippen LogP contribution in [0.5, 0.6) is 0 Å². The van der Waals surface area contributed by atoms with E-state index in [-0.39, 0.29) is 12.5 Å². The highest BCUT2D eigenvalue weighted by Gasteiger charge is 2.29. The van der Waals surface area contributed by atoms with Gasteiger partial charge in [0.25, 0.3) is 0 Å². The molecule has 0 radical (unpaired) electrons. The van der Waals surface area contributed by atoms with Crippen LogP contribution in [0.4, 0.5) is 0 Å². The van der Waals surface area contributed by atoms with E-state index in [2.05, 4.69) is 10.1 Å². The monoisotopic (exact) mass is 216 g/mol. The fraction of sp³-hybridized carbons (Fsp3) is 0.800. The normalized spacial score (nSPS) is 10.9. The Bertz CT molecular complexity index is 225. The van der Waals surface area contributed by atoms with E-state index in [1.165, 1.54) is 0 Å². The molecule has 0 aliphatic rings. The SMILES string of the molecule is CCOC(=O)CNC(=O)C(N)(CC)CC. The summed E-state index contributed by atoms with van der Waals surface area (Å²) < 4.78 is 4.68. The summed E-state index contributed by atoms with van der Waals surface area (Å²) in [5.74, 6) is -0.749. The number of hydrogen-bond acceptors (Lipinski definition) is 4. The van der Waals surface area contributed by atoms with Gasteiger partial charge in [-0.2, -0.15) is 0 Å². The van der Waals surface area contributed by atoms with E-state index >= 15 is 0 Å². The lowest BCUT2D eigenvalue weighted by molar-refractivity contribution is -0.144. The van der Waals surface area contributed by atoms with Gasteiger partial charge in [-0.25, -0.2) is 0 Å². The highest BCUT2D eigenvalue weighted by Crippen LogP contribution is 2.10. The zero-order valence-electron chi connectivity index (χ0n) is 9.63. The molecule has 5 heteroatoms. The first-order valence-corrected chi connectivity index (χ1v) is 5.23. The van der Waals surface area contributed by atoms with Crippen LogP contribution in [0.2, 0.25) is 0 Å². The fourth-order valence-electron chi connectivity index (χ4n) is 1.11. The molecule has 1 amide bonds. The molecule has 0 bridgehead atoms. The van der Waals surface area contributed by atoms with Gasteiger partial charge in [0.2, 0.25) is 5.91 Å². The molecular formula is C10H20N2O3. The van der Waals surface area contributed by atoms with Gasteiger partial charge >= 0.3 is 5.97 Å². The number of carbonyl (C=O) groups is 2. The first-order valence-electron chi connectivity index (χ1n) is 5.23. The molecule has 0 aromatic carbocycles. The van der Waals surface area contributed by atoms with E-state index < -0.39 is 11.5 Å². The summed E-state index contributed by atoms with van der Waals surface area (Å²) in [5.41, 5.74) is 4.95. The average Bonchev–Trinajstić information content (AvgIpc) is 2.25. The van der Waals surface area contributed by atoms with Crippen molar-refractivity contribution in [1.29, 1.82) is 0 Å². The third kappa shape index (κ3) is 4.29. The second kappa shape index (κ2) is 6.40. The van der Waals surface area contributed by atoms with Gasteiger partial charge in [-0.3, -0.25) is 9.59 Å². The number of nitrogens with two attached hydrogens (primary N) is 1. The first-order chi connectivity index (χ1) is 7.00. The standard InChI is InChI=1S/C10H20N2O3/c1-4-10(11,5-2)9(14)12-7-8(13)15-6-3/h4-7,11H2,1-3H3,(H,12,14). The lowest BCUT2D eigenvalue weighted by atomic mass is 9.93. The topological polar surface area (TPSA) is 81.4 Å². The highest BCUT2D eigenvalue weighted by atomic mass is 16.5. The minimum Gasteiger partial charge on any atom is -0.465 e. The van der Waals surface area contributed by atoms with E-state index in [1.807, 2.05) is 13.8 Å². The number of amides is 1. The van der Waals surface area contributed by atoms with E-state index in [0.29, 0.717) is 19.4 Å². The lowest BCUT2D eigenvalue weighted by Crippen LogP contribution is -2.54. The Morgan fingerprint density at radius 1 is 1.27 bits per heavy atom. The fourth-order valence-corrected chi connectivity index (χ4v) is 1.11. The second-order valence-electron chi connectivity index (χ2n) is 3.35. The third-order valence-electron chi connectivity index (χ3n) is 2.41. The largest absolute Gasteiger partial charge is 0.465 e. The second-order valence-corrected chi connectivity index (χ2v) is 3.35. The molecule has 0 aromatic heterocycles. The lowest BCUT2D eigenvalue weighted by Gasteiger charge is -2.24. The smallest absolute Gasteiger partial charge is 0.325 e. The summed E-state index contributed by atoms with van der Waals surface area (Å²) in [4.78, 5) is 22.6. The van der Waals surface area contributed by atoms with Gasteiger partial charge in [0.05, 0.1) is 12.1 Å². The summed E-state index contributed by atoms with van der Waals surface area (Å²) in [6, 6.07) is 0. The van der Waals surface area contributed by atoms with Crippen molar-refractivity contribution in [2.24, 2.45) is 5.73 Å². The van der Waals surface area contributed by atoms with Crippen LogP contribution in [0.15, 0.2) is 0 Å².